The van der Waals surface area contributed by atoms with E-state index in [-0.39, 0.29) is 32.8 Å². The summed E-state index contributed by atoms with van der Waals surface area (Å²) in [5.74, 6) is -0.438. The average molecular weight is 671 g/mol. The van der Waals surface area contributed by atoms with Gasteiger partial charge in [-0.1, -0.05) is 35.7 Å². The minimum absolute atomic E-state index is 0.0213. The van der Waals surface area contributed by atoms with Crippen LogP contribution in [-0.2, 0) is 27.9 Å². The summed E-state index contributed by atoms with van der Waals surface area (Å²) in [5, 5.41) is 3.86. The van der Waals surface area contributed by atoms with Crippen LogP contribution in [0.15, 0.2) is 59.5 Å². The van der Waals surface area contributed by atoms with E-state index in [1.165, 1.54) is 48.1 Å². The van der Waals surface area contributed by atoms with E-state index in [2.05, 4.69) is 16.3 Å². The lowest BCUT2D eigenvalue weighted by atomic mass is 9.99. The first-order chi connectivity index (χ1) is 21.3. The van der Waals surface area contributed by atoms with E-state index in [0.717, 1.165) is 30.6 Å². The van der Waals surface area contributed by atoms with E-state index in [4.69, 9.17) is 32.1 Å². The molecule has 12 heteroatoms. The van der Waals surface area contributed by atoms with Crippen LogP contribution in [0.1, 0.15) is 61.5 Å². The van der Waals surface area contributed by atoms with Crippen molar-refractivity contribution in [2.45, 2.75) is 63.6 Å². The van der Waals surface area contributed by atoms with Crippen LogP contribution in [-0.4, -0.2) is 48.6 Å². The summed E-state index contributed by atoms with van der Waals surface area (Å²) in [5.41, 5.74) is 2.43. The smallest absolute Gasteiger partial charge is 0.419 e. The number of nitrogens with zero attached hydrogens (tertiary/aromatic N) is 2. The SMILES string of the molecule is CC(C)(C)OC(=O)n1c(-c2ccc(OS(=O)(=O)c3cc(Cl)cc(Cl)c3)c3c2C(=O)NC3)cc2cc(CN3CCCCC3)ccc21. The van der Waals surface area contributed by atoms with Crippen molar-refractivity contribution in [3.05, 3.63) is 81.3 Å². The largest absolute Gasteiger partial charge is 0.443 e. The van der Waals surface area contributed by atoms with Gasteiger partial charge in [-0.25, -0.2) is 9.36 Å². The zero-order chi connectivity index (χ0) is 32.1. The predicted octanol–water partition coefficient (Wildman–Crippen LogP) is 7.40. The number of nitrogens with one attached hydrogen (secondary N) is 1. The molecule has 1 fully saturated rings. The number of hydrogen-bond donors (Lipinski definition) is 1. The summed E-state index contributed by atoms with van der Waals surface area (Å²) in [4.78, 5) is 29.1. The number of fused-ring (bicyclic) bond motifs is 2. The van der Waals surface area contributed by atoms with Crippen LogP contribution >= 0.6 is 23.2 Å². The van der Waals surface area contributed by atoms with Gasteiger partial charge in [0.1, 0.15) is 16.2 Å². The molecule has 0 atom stereocenters. The van der Waals surface area contributed by atoms with Crippen molar-refractivity contribution < 1.29 is 26.9 Å². The standard InChI is InChI=1S/C33H33Cl2N3O6S/c1-33(2,3)43-32(40)38-27-9-7-20(19-37-11-5-4-6-12-37)13-21(27)14-28(38)25-8-10-29(26-18-36-31(39)30(25)26)44-45(41,42)24-16-22(34)15-23(35)17-24/h7-10,13-17H,4-6,11-12,18-19H2,1-3H3,(H,36,39). The Balaban J connectivity index is 1.45. The lowest BCUT2D eigenvalue weighted by Gasteiger charge is -2.26. The molecule has 9 nitrogen and oxygen atoms in total. The number of rotatable bonds is 6. The number of halogens is 2. The third-order valence-electron chi connectivity index (χ3n) is 7.82. The molecule has 0 saturated carbocycles. The number of carbonyl (C=O) groups excluding carboxylic acids is 2. The monoisotopic (exact) mass is 669 g/mol. The molecule has 2 aliphatic heterocycles. The van der Waals surface area contributed by atoms with E-state index in [1.807, 2.05) is 18.2 Å². The molecule has 3 heterocycles. The predicted molar refractivity (Wildman–Crippen MR) is 174 cm³/mol. The molecule has 2 aliphatic rings. The van der Waals surface area contributed by atoms with Crippen LogP contribution in [0.25, 0.3) is 22.2 Å². The first-order valence-electron chi connectivity index (χ1n) is 14.7. The van der Waals surface area contributed by atoms with Crippen molar-refractivity contribution in [2.75, 3.05) is 13.1 Å². The minimum atomic E-state index is -4.35. The van der Waals surface area contributed by atoms with Gasteiger partial charge in [0.2, 0.25) is 0 Å². The number of piperidine rings is 1. The van der Waals surface area contributed by atoms with Crippen LogP contribution in [0.3, 0.4) is 0 Å². The molecule has 0 radical (unpaired) electrons. The van der Waals surface area contributed by atoms with Crippen molar-refractivity contribution in [3.8, 4) is 17.0 Å². The minimum Gasteiger partial charge on any atom is -0.443 e. The Morgan fingerprint density at radius 1 is 0.956 bits per heavy atom. The summed E-state index contributed by atoms with van der Waals surface area (Å²) in [6.07, 6.45) is 3.02. The normalized spacial score (nSPS) is 15.6. The van der Waals surface area contributed by atoms with Crippen LogP contribution in [0, 0.1) is 0 Å². The van der Waals surface area contributed by atoms with E-state index in [9.17, 15) is 18.0 Å². The summed E-state index contributed by atoms with van der Waals surface area (Å²) < 4.78 is 39.2. The highest BCUT2D eigenvalue weighted by molar-refractivity contribution is 7.87. The molecule has 236 valence electrons. The molecule has 0 unspecified atom stereocenters. The Bertz CT molecular complexity index is 1920. The molecule has 4 aromatic rings. The molecular weight excluding hydrogens is 637 g/mol. The second-order valence-corrected chi connectivity index (χ2v) is 14.8. The maximum Gasteiger partial charge on any atom is 0.419 e. The Kier molecular flexibility index (Phi) is 8.36. The van der Waals surface area contributed by atoms with Gasteiger partial charge in [0, 0.05) is 39.6 Å². The number of hydrogen-bond acceptors (Lipinski definition) is 7. The van der Waals surface area contributed by atoms with Crippen LogP contribution in [0.2, 0.25) is 10.0 Å². The van der Waals surface area contributed by atoms with E-state index in [1.54, 1.807) is 26.8 Å². The van der Waals surface area contributed by atoms with Gasteiger partial charge < -0.3 is 14.2 Å². The lowest BCUT2D eigenvalue weighted by Crippen LogP contribution is -2.29. The third-order valence-corrected chi connectivity index (χ3v) is 9.47. The highest BCUT2D eigenvalue weighted by atomic mass is 35.5. The maximum atomic E-state index is 13.7. The van der Waals surface area contributed by atoms with E-state index in [0.29, 0.717) is 22.3 Å². The number of ether oxygens (including phenoxy) is 1. The molecule has 1 aromatic heterocycles. The molecular formula is C33H33Cl2N3O6S. The third kappa shape index (κ3) is 6.56. The fourth-order valence-electron chi connectivity index (χ4n) is 5.89. The van der Waals surface area contributed by atoms with E-state index >= 15 is 0 Å². The second-order valence-electron chi connectivity index (χ2n) is 12.4. The number of likely N-dealkylation sites (tertiary alicyclic amines) is 1. The molecule has 6 rings (SSSR count). The fourth-order valence-corrected chi connectivity index (χ4v) is 7.58. The van der Waals surface area contributed by atoms with Gasteiger partial charge in [0.25, 0.3) is 5.91 Å². The highest BCUT2D eigenvalue weighted by Gasteiger charge is 2.32. The van der Waals surface area contributed by atoms with Gasteiger partial charge in [-0.3, -0.25) is 9.69 Å². The van der Waals surface area contributed by atoms with Gasteiger partial charge >= 0.3 is 16.2 Å². The molecule has 1 N–H and O–H groups in total. The Labute approximate surface area is 272 Å². The van der Waals surface area contributed by atoms with Crippen LogP contribution in [0.4, 0.5) is 4.79 Å². The summed E-state index contributed by atoms with van der Waals surface area (Å²) >= 11 is 12.1. The van der Waals surface area contributed by atoms with Crippen LogP contribution < -0.4 is 9.50 Å². The van der Waals surface area contributed by atoms with Crippen molar-refractivity contribution in [1.82, 2.24) is 14.8 Å². The first kappa shape index (κ1) is 31.4. The number of benzene rings is 3. The maximum absolute atomic E-state index is 13.7. The van der Waals surface area contributed by atoms with Gasteiger partial charge in [0.15, 0.2) is 0 Å². The number of amides is 1. The summed E-state index contributed by atoms with van der Waals surface area (Å²) in [6.45, 7) is 8.32. The molecule has 1 saturated heterocycles. The zero-order valence-corrected chi connectivity index (χ0v) is 27.5. The first-order valence-corrected chi connectivity index (χ1v) is 16.9. The van der Waals surface area contributed by atoms with Crippen molar-refractivity contribution in [3.63, 3.8) is 0 Å². The Morgan fingerprint density at radius 3 is 2.36 bits per heavy atom. The molecule has 0 spiro atoms. The summed E-state index contributed by atoms with van der Waals surface area (Å²) in [7, 11) is -4.35. The zero-order valence-electron chi connectivity index (χ0n) is 25.2. The fraction of sp³-hybridized carbons (Fsp3) is 0.333. The van der Waals surface area contributed by atoms with E-state index < -0.39 is 27.7 Å². The Morgan fingerprint density at radius 2 is 1.67 bits per heavy atom. The van der Waals surface area contributed by atoms with Crippen molar-refractivity contribution in [2.24, 2.45) is 0 Å². The summed E-state index contributed by atoms with van der Waals surface area (Å²) in [6, 6.07) is 14.8. The van der Waals surface area contributed by atoms with Gasteiger partial charge in [-0.05, 0) is 101 Å². The topological polar surface area (TPSA) is 107 Å². The van der Waals surface area contributed by atoms with Crippen molar-refractivity contribution in [1.29, 1.82) is 0 Å². The quantitative estimate of drug-likeness (QED) is 0.213. The molecule has 0 aliphatic carbocycles. The van der Waals surface area contributed by atoms with Crippen molar-refractivity contribution >= 4 is 56.2 Å². The second kappa shape index (κ2) is 12.0. The highest BCUT2D eigenvalue weighted by Crippen LogP contribution is 2.39. The van der Waals surface area contributed by atoms with Gasteiger partial charge in [0.05, 0.1) is 16.8 Å². The molecule has 1 amide bonds. The Hall–Kier alpha value is -3.57. The number of carbonyl (C=O) groups is 2. The van der Waals surface area contributed by atoms with Gasteiger partial charge in [-0.15, -0.1) is 0 Å². The van der Waals surface area contributed by atoms with Gasteiger partial charge in [-0.2, -0.15) is 8.42 Å². The molecule has 0 bridgehead atoms. The molecule has 3 aromatic carbocycles. The number of aromatic nitrogens is 1. The molecule has 45 heavy (non-hydrogen) atoms. The average Bonchev–Trinajstić information content (AvgIpc) is 3.53. The van der Waals surface area contributed by atoms with Crippen LogP contribution in [0.5, 0.6) is 5.75 Å². The lowest BCUT2D eigenvalue weighted by molar-refractivity contribution is 0.0546.